The average molecular weight is 265 g/mol. The molecule has 4 heteroatoms. The molecule has 0 aliphatic carbocycles. The van der Waals surface area contributed by atoms with Crippen molar-refractivity contribution in [2.24, 2.45) is 5.73 Å². The zero-order valence-corrected chi connectivity index (χ0v) is 12.3. The molecule has 0 saturated carbocycles. The minimum Gasteiger partial charge on any atom is -0.396 e. The predicted molar refractivity (Wildman–Crippen MR) is 81.5 cm³/mol. The lowest BCUT2D eigenvalue weighted by Crippen LogP contribution is -2.37. The molecule has 108 valence electrons. The highest BCUT2D eigenvalue weighted by Gasteiger charge is 2.14. The van der Waals surface area contributed by atoms with Crippen molar-refractivity contribution in [2.45, 2.75) is 31.8 Å². The van der Waals surface area contributed by atoms with Gasteiger partial charge in [-0.05, 0) is 30.5 Å². The Kier molecular flexibility index (Phi) is 6.84. The summed E-state index contributed by atoms with van der Waals surface area (Å²) in [5.74, 6) is 0. The van der Waals surface area contributed by atoms with E-state index in [1.54, 1.807) is 0 Å². The second kappa shape index (κ2) is 8.15. The Morgan fingerprint density at radius 1 is 1.26 bits per heavy atom. The first kappa shape index (κ1) is 16.0. The molecule has 0 aliphatic rings. The van der Waals surface area contributed by atoms with Crippen LogP contribution >= 0.6 is 0 Å². The Balaban J connectivity index is 2.73. The molecule has 0 spiro atoms. The number of hydrogen-bond acceptors (Lipinski definition) is 4. The molecular weight excluding hydrogens is 238 g/mol. The van der Waals surface area contributed by atoms with Gasteiger partial charge >= 0.3 is 0 Å². The van der Waals surface area contributed by atoms with E-state index in [0.29, 0.717) is 12.6 Å². The van der Waals surface area contributed by atoms with Crippen LogP contribution < -0.4 is 16.0 Å². The van der Waals surface area contributed by atoms with Crippen molar-refractivity contribution in [1.29, 1.82) is 0 Å². The summed E-state index contributed by atoms with van der Waals surface area (Å²) in [6.45, 7) is 2.89. The molecule has 2 atom stereocenters. The maximum atomic E-state index is 9.04. The molecule has 0 aromatic heterocycles. The summed E-state index contributed by atoms with van der Waals surface area (Å²) in [4.78, 5) is 2.08. The summed E-state index contributed by atoms with van der Waals surface area (Å²) < 4.78 is 0. The lowest BCUT2D eigenvalue weighted by molar-refractivity contribution is 0.256. The number of benzene rings is 1. The van der Waals surface area contributed by atoms with Crippen molar-refractivity contribution in [1.82, 2.24) is 5.32 Å². The first-order valence-electron chi connectivity index (χ1n) is 6.96. The van der Waals surface area contributed by atoms with E-state index in [0.717, 1.165) is 12.8 Å². The van der Waals surface area contributed by atoms with Crippen molar-refractivity contribution < 1.29 is 5.11 Å². The van der Waals surface area contributed by atoms with Crippen molar-refractivity contribution in [3.05, 3.63) is 29.8 Å². The Labute approximate surface area is 116 Å². The summed E-state index contributed by atoms with van der Waals surface area (Å²) in [5, 5.41) is 12.6. The molecule has 0 amide bonds. The maximum Gasteiger partial charge on any atom is 0.0446 e. The molecule has 0 bridgehead atoms. The molecule has 0 saturated heterocycles. The van der Waals surface area contributed by atoms with Crippen molar-refractivity contribution in [3.63, 3.8) is 0 Å². The van der Waals surface area contributed by atoms with Gasteiger partial charge in [0.05, 0.1) is 0 Å². The highest BCUT2D eigenvalue weighted by molar-refractivity contribution is 5.46. The molecule has 1 aromatic rings. The number of anilines is 1. The molecule has 1 aromatic carbocycles. The van der Waals surface area contributed by atoms with Crippen molar-refractivity contribution in [3.8, 4) is 0 Å². The Morgan fingerprint density at radius 2 is 1.89 bits per heavy atom. The van der Waals surface area contributed by atoms with E-state index < -0.39 is 0 Å². The van der Waals surface area contributed by atoms with E-state index in [9.17, 15) is 0 Å². The second-order valence-corrected chi connectivity index (χ2v) is 5.06. The average Bonchev–Trinajstić information content (AvgIpc) is 2.43. The number of nitrogens with two attached hydrogens (primary N) is 1. The topological polar surface area (TPSA) is 61.5 Å². The van der Waals surface area contributed by atoms with Crippen LogP contribution in [0.5, 0.6) is 0 Å². The fourth-order valence-corrected chi connectivity index (χ4v) is 2.15. The van der Waals surface area contributed by atoms with E-state index in [2.05, 4.69) is 41.4 Å². The van der Waals surface area contributed by atoms with Gasteiger partial charge in [-0.25, -0.2) is 0 Å². The molecule has 0 radical (unpaired) electrons. The highest BCUT2D eigenvalue weighted by atomic mass is 16.3. The number of aliphatic hydroxyl groups is 1. The summed E-state index contributed by atoms with van der Waals surface area (Å²) in [6.07, 6.45) is 1.76. The standard InChI is InChI=1S/C15H27N3O/c1-4-13(9-10-19)17-15(11-16)12-5-7-14(8-6-12)18(2)3/h5-8,13,15,17,19H,4,9-11,16H2,1-3H3. The molecule has 0 fully saturated rings. The van der Waals surface area contributed by atoms with Crippen LogP contribution in [0.3, 0.4) is 0 Å². The summed E-state index contributed by atoms with van der Waals surface area (Å²) in [5.41, 5.74) is 8.25. The quantitative estimate of drug-likeness (QED) is 0.666. The minimum absolute atomic E-state index is 0.146. The van der Waals surface area contributed by atoms with Gasteiger partial charge in [0.2, 0.25) is 0 Å². The van der Waals surface area contributed by atoms with E-state index in [1.165, 1.54) is 11.3 Å². The Bertz CT molecular complexity index is 351. The number of nitrogens with zero attached hydrogens (tertiary/aromatic N) is 1. The highest BCUT2D eigenvalue weighted by Crippen LogP contribution is 2.18. The number of nitrogens with one attached hydrogen (secondary N) is 1. The van der Waals surface area contributed by atoms with Gasteiger partial charge in [-0.15, -0.1) is 0 Å². The van der Waals surface area contributed by atoms with Crippen LogP contribution in [0.15, 0.2) is 24.3 Å². The van der Waals surface area contributed by atoms with Gasteiger partial charge in [-0.2, -0.15) is 0 Å². The Morgan fingerprint density at radius 3 is 2.32 bits per heavy atom. The third kappa shape index (κ3) is 4.82. The van der Waals surface area contributed by atoms with Gasteiger partial charge < -0.3 is 21.1 Å². The first-order chi connectivity index (χ1) is 9.12. The van der Waals surface area contributed by atoms with Crippen LogP contribution in [0.25, 0.3) is 0 Å². The van der Waals surface area contributed by atoms with Crippen molar-refractivity contribution >= 4 is 5.69 Å². The summed E-state index contributed by atoms with van der Waals surface area (Å²) in [6, 6.07) is 8.90. The van der Waals surface area contributed by atoms with Gasteiger partial charge in [-0.1, -0.05) is 19.1 Å². The summed E-state index contributed by atoms with van der Waals surface area (Å²) >= 11 is 0. The van der Waals surface area contributed by atoms with E-state index >= 15 is 0 Å². The molecular formula is C15H27N3O. The largest absolute Gasteiger partial charge is 0.396 e. The van der Waals surface area contributed by atoms with Crippen LogP contribution in [-0.4, -0.2) is 38.4 Å². The van der Waals surface area contributed by atoms with Crippen LogP contribution in [0.2, 0.25) is 0 Å². The second-order valence-electron chi connectivity index (χ2n) is 5.06. The maximum absolute atomic E-state index is 9.04. The summed E-state index contributed by atoms with van der Waals surface area (Å²) in [7, 11) is 4.06. The monoisotopic (exact) mass is 265 g/mol. The van der Waals surface area contributed by atoms with Gasteiger partial charge in [0, 0.05) is 45.0 Å². The zero-order valence-electron chi connectivity index (χ0n) is 12.3. The van der Waals surface area contributed by atoms with Crippen LogP contribution in [-0.2, 0) is 0 Å². The van der Waals surface area contributed by atoms with Gasteiger partial charge in [0.15, 0.2) is 0 Å². The molecule has 4 N–H and O–H groups in total. The molecule has 2 unspecified atom stereocenters. The van der Waals surface area contributed by atoms with Crippen LogP contribution in [0, 0.1) is 0 Å². The van der Waals surface area contributed by atoms with Crippen LogP contribution in [0.4, 0.5) is 5.69 Å². The first-order valence-corrected chi connectivity index (χ1v) is 6.96. The third-order valence-corrected chi connectivity index (χ3v) is 3.45. The lowest BCUT2D eigenvalue weighted by atomic mass is 10.0. The third-order valence-electron chi connectivity index (χ3n) is 3.45. The number of rotatable bonds is 8. The fraction of sp³-hybridized carbons (Fsp3) is 0.600. The van der Waals surface area contributed by atoms with E-state index in [1.807, 2.05) is 14.1 Å². The Hall–Kier alpha value is -1.10. The minimum atomic E-state index is 0.146. The van der Waals surface area contributed by atoms with E-state index in [4.69, 9.17) is 10.8 Å². The molecule has 4 nitrogen and oxygen atoms in total. The molecule has 19 heavy (non-hydrogen) atoms. The number of aliphatic hydroxyl groups excluding tert-OH is 1. The van der Waals surface area contributed by atoms with Gasteiger partial charge in [0.25, 0.3) is 0 Å². The number of hydrogen-bond donors (Lipinski definition) is 3. The van der Waals surface area contributed by atoms with Gasteiger partial charge in [-0.3, -0.25) is 0 Å². The predicted octanol–water partition coefficient (Wildman–Crippen LogP) is 1.50. The molecule has 0 aliphatic heterocycles. The van der Waals surface area contributed by atoms with Gasteiger partial charge in [0.1, 0.15) is 0 Å². The van der Waals surface area contributed by atoms with E-state index in [-0.39, 0.29) is 12.6 Å². The normalized spacial score (nSPS) is 14.2. The molecule has 1 rings (SSSR count). The lowest BCUT2D eigenvalue weighted by Gasteiger charge is -2.24. The van der Waals surface area contributed by atoms with Crippen molar-refractivity contribution in [2.75, 3.05) is 32.1 Å². The fourth-order valence-electron chi connectivity index (χ4n) is 2.15. The zero-order chi connectivity index (χ0) is 14.3. The molecule has 0 heterocycles. The smallest absolute Gasteiger partial charge is 0.0446 e. The SMILES string of the molecule is CCC(CCO)NC(CN)c1ccc(N(C)C)cc1. The van der Waals surface area contributed by atoms with Crippen LogP contribution in [0.1, 0.15) is 31.4 Å².